The van der Waals surface area contributed by atoms with Gasteiger partial charge in [-0.1, -0.05) is 0 Å². The molecule has 27 heavy (non-hydrogen) atoms. The normalized spacial score (nSPS) is 13.5. The molecule has 0 radical (unpaired) electrons. The third-order valence-corrected chi connectivity index (χ3v) is 4.13. The molecular formula is C19H18N2O6. The summed E-state index contributed by atoms with van der Waals surface area (Å²) in [7, 11) is 0. The number of esters is 1. The second-order valence-electron chi connectivity index (χ2n) is 6.02. The van der Waals surface area contributed by atoms with Gasteiger partial charge in [0.05, 0.1) is 4.92 Å². The fraction of sp³-hybridized carbons (Fsp3) is 0.263. The van der Waals surface area contributed by atoms with Crippen LogP contribution in [0.5, 0.6) is 5.75 Å². The molecule has 0 aliphatic carbocycles. The molecule has 0 bridgehead atoms. The van der Waals surface area contributed by atoms with Crippen LogP contribution in [0.2, 0.25) is 0 Å². The van der Waals surface area contributed by atoms with Gasteiger partial charge in [0.25, 0.3) is 5.69 Å². The molecule has 2 aromatic rings. The number of rotatable bonds is 7. The maximum atomic E-state index is 11.8. The number of amides is 1. The first-order valence-electron chi connectivity index (χ1n) is 8.45. The number of carbonyl (C=O) groups is 2. The highest BCUT2D eigenvalue weighted by molar-refractivity contribution is 5.95. The van der Waals surface area contributed by atoms with Crippen molar-refractivity contribution in [3.63, 3.8) is 0 Å². The molecule has 3 rings (SSSR count). The Balaban J connectivity index is 1.44. The van der Waals surface area contributed by atoms with Gasteiger partial charge in [-0.2, -0.15) is 0 Å². The Labute approximate surface area is 155 Å². The number of non-ortho nitro benzene ring substituents is 1. The Morgan fingerprint density at radius 3 is 2.41 bits per heavy atom. The van der Waals surface area contributed by atoms with E-state index in [0.717, 1.165) is 12.1 Å². The third kappa shape index (κ3) is 4.81. The minimum atomic E-state index is -0.549. The Kier molecular flexibility index (Phi) is 5.65. The van der Waals surface area contributed by atoms with Crippen molar-refractivity contribution in [3.8, 4) is 5.75 Å². The van der Waals surface area contributed by atoms with E-state index in [1.165, 1.54) is 24.3 Å². The number of nitrogens with zero attached hydrogens (tertiary/aromatic N) is 2. The summed E-state index contributed by atoms with van der Waals surface area (Å²) in [6, 6.07) is 12.7. The topological polar surface area (TPSA) is 99.0 Å². The number of benzene rings is 2. The second-order valence-corrected chi connectivity index (χ2v) is 6.02. The molecule has 1 aliphatic heterocycles. The highest BCUT2D eigenvalue weighted by Gasteiger charge is 2.21. The monoisotopic (exact) mass is 370 g/mol. The standard InChI is InChI=1S/C19H18N2O6/c22-18-2-1-11-20(18)15-7-9-17(10-8-15)26-13-19(23)27-12-14-3-5-16(6-4-14)21(24)25/h3-10H,1-2,11-13H2. The SMILES string of the molecule is O=C(COc1ccc(N2CCCC2=O)cc1)OCc1ccc([N+](=O)[O-])cc1. The van der Waals surface area contributed by atoms with Gasteiger partial charge < -0.3 is 14.4 Å². The van der Waals surface area contributed by atoms with E-state index in [-0.39, 0.29) is 24.8 Å². The van der Waals surface area contributed by atoms with Gasteiger partial charge in [0.15, 0.2) is 6.61 Å². The number of nitro groups is 1. The van der Waals surface area contributed by atoms with Gasteiger partial charge in [-0.15, -0.1) is 0 Å². The van der Waals surface area contributed by atoms with Crippen LogP contribution in [0.15, 0.2) is 48.5 Å². The Morgan fingerprint density at radius 2 is 1.81 bits per heavy atom. The number of anilines is 1. The minimum absolute atomic E-state index is 0.0101. The van der Waals surface area contributed by atoms with Crippen LogP contribution in [0.25, 0.3) is 0 Å². The van der Waals surface area contributed by atoms with Crippen molar-refractivity contribution < 1.29 is 24.0 Å². The number of hydrogen-bond donors (Lipinski definition) is 0. The number of carbonyl (C=O) groups excluding carboxylic acids is 2. The highest BCUT2D eigenvalue weighted by Crippen LogP contribution is 2.23. The number of nitro benzene ring substituents is 1. The maximum Gasteiger partial charge on any atom is 0.344 e. The third-order valence-electron chi connectivity index (χ3n) is 4.13. The highest BCUT2D eigenvalue weighted by atomic mass is 16.6. The van der Waals surface area contributed by atoms with Crippen molar-refractivity contribution in [2.24, 2.45) is 0 Å². The van der Waals surface area contributed by atoms with Crippen molar-refractivity contribution in [1.82, 2.24) is 0 Å². The molecule has 140 valence electrons. The summed E-state index contributed by atoms with van der Waals surface area (Å²) in [5, 5.41) is 10.6. The average Bonchev–Trinajstić information content (AvgIpc) is 3.11. The van der Waals surface area contributed by atoms with E-state index >= 15 is 0 Å². The van der Waals surface area contributed by atoms with Gasteiger partial charge in [0.1, 0.15) is 12.4 Å². The molecule has 0 aromatic heterocycles. The molecule has 8 heteroatoms. The Morgan fingerprint density at radius 1 is 1.11 bits per heavy atom. The summed E-state index contributed by atoms with van der Waals surface area (Å²) in [4.78, 5) is 35.3. The molecule has 0 saturated carbocycles. The molecule has 1 amide bonds. The molecule has 1 heterocycles. The van der Waals surface area contributed by atoms with Gasteiger partial charge in [-0.3, -0.25) is 14.9 Å². The van der Waals surface area contributed by atoms with Gasteiger partial charge in [0, 0.05) is 30.8 Å². The van der Waals surface area contributed by atoms with Crippen LogP contribution in [-0.2, 0) is 20.9 Å². The van der Waals surface area contributed by atoms with Crippen LogP contribution in [0.3, 0.4) is 0 Å². The summed E-state index contributed by atoms with van der Waals surface area (Å²) in [5.74, 6) is 0.0586. The van der Waals surface area contributed by atoms with Crippen LogP contribution >= 0.6 is 0 Å². The molecule has 0 unspecified atom stereocenters. The average molecular weight is 370 g/mol. The Hall–Kier alpha value is -3.42. The number of hydrogen-bond acceptors (Lipinski definition) is 6. The molecule has 1 fully saturated rings. The molecule has 1 saturated heterocycles. The maximum absolute atomic E-state index is 11.8. The second kappa shape index (κ2) is 8.31. The predicted octanol–water partition coefficient (Wildman–Crippen LogP) is 2.84. The number of ether oxygens (including phenoxy) is 2. The smallest absolute Gasteiger partial charge is 0.344 e. The lowest BCUT2D eigenvalue weighted by atomic mass is 10.2. The van der Waals surface area contributed by atoms with Crippen LogP contribution in [-0.4, -0.2) is 30.0 Å². The van der Waals surface area contributed by atoms with Crippen LogP contribution in [0.4, 0.5) is 11.4 Å². The summed E-state index contributed by atoms with van der Waals surface area (Å²) >= 11 is 0. The van der Waals surface area contributed by atoms with Gasteiger partial charge in [0.2, 0.25) is 5.91 Å². The van der Waals surface area contributed by atoms with Gasteiger partial charge in [-0.25, -0.2) is 4.79 Å². The Bertz CT molecular complexity index is 832. The molecule has 8 nitrogen and oxygen atoms in total. The van der Waals surface area contributed by atoms with E-state index in [2.05, 4.69) is 0 Å². The molecule has 1 aliphatic rings. The summed E-state index contributed by atoms with van der Waals surface area (Å²) in [5.41, 5.74) is 1.44. The lowest BCUT2D eigenvalue weighted by molar-refractivity contribution is -0.384. The molecule has 0 spiro atoms. The van der Waals surface area contributed by atoms with Crippen molar-refractivity contribution in [2.45, 2.75) is 19.4 Å². The zero-order valence-electron chi connectivity index (χ0n) is 14.5. The molecule has 0 atom stereocenters. The first-order chi connectivity index (χ1) is 13.0. The lowest BCUT2D eigenvalue weighted by Gasteiger charge is -2.16. The van der Waals surface area contributed by atoms with Crippen molar-refractivity contribution in [3.05, 3.63) is 64.2 Å². The molecule has 2 aromatic carbocycles. The molecular weight excluding hydrogens is 352 g/mol. The van der Waals surface area contributed by atoms with Crippen LogP contribution < -0.4 is 9.64 Å². The van der Waals surface area contributed by atoms with Crippen molar-refractivity contribution in [2.75, 3.05) is 18.1 Å². The minimum Gasteiger partial charge on any atom is -0.482 e. The molecule has 0 N–H and O–H groups in total. The van der Waals surface area contributed by atoms with Crippen molar-refractivity contribution >= 4 is 23.3 Å². The first-order valence-corrected chi connectivity index (χ1v) is 8.45. The van der Waals surface area contributed by atoms with Crippen molar-refractivity contribution in [1.29, 1.82) is 0 Å². The van der Waals surface area contributed by atoms with E-state index in [1.54, 1.807) is 29.2 Å². The summed E-state index contributed by atoms with van der Waals surface area (Å²) in [6.07, 6.45) is 1.43. The van der Waals surface area contributed by atoms with Gasteiger partial charge in [-0.05, 0) is 48.4 Å². The van der Waals surface area contributed by atoms with E-state index in [0.29, 0.717) is 24.3 Å². The first kappa shape index (κ1) is 18.4. The van der Waals surface area contributed by atoms with E-state index in [9.17, 15) is 19.7 Å². The van der Waals surface area contributed by atoms with E-state index in [1.807, 2.05) is 0 Å². The fourth-order valence-electron chi connectivity index (χ4n) is 2.71. The fourth-order valence-corrected chi connectivity index (χ4v) is 2.71. The van der Waals surface area contributed by atoms with E-state index < -0.39 is 10.9 Å². The quantitative estimate of drug-likeness (QED) is 0.422. The van der Waals surface area contributed by atoms with Gasteiger partial charge >= 0.3 is 5.97 Å². The predicted molar refractivity (Wildman–Crippen MR) is 96.4 cm³/mol. The van der Waals surface area contributed by atoms with Crippen LogP contribution in [0, 0.1) is 10.1 Å². The summed E-state index contributed by atoms with van der Waals surface area (Å²) < 4.78 is 10.5. The lowest BCUT2D eigenvalue weighted by Crippen LogP contribution is -2.23. The summed E-state index contributed by atoms with van der Waals surface area (Å²) in [6.45, 7) is 0.471. The van der Waals surface area contributed by atoms with Crippen LogP contribution in [0.1, 0.15) is 18.4 Å². The zero-order valence-corrected chi connectivity index (χ0v) is 14.5. The zero-order chi connectivity index (χ0) is 19.2. The largest absolute Gasteiger partial charge is 0.482 e. The van der Waals surface area contributed by atoms with E-state index in [4.69, 9.17) is 9.47 Å².